The average Bonchev–Trinajstić information content (AvgIpc) is 2.71. The van der Waals surface area contributed by atoms with Crippen LogP contribution in [0.2, 0.25) is 0 Å². The lowest BCUT2D eigenvalue weighted by atomic mass is 9.77. The second-order valence-electron chi connectivity index (χ2n) is 7.41. The van der Waals surface area contributed by atoms with Gasteiger partial charge in [-0.05, 0) is 55.3 Å². The van der Waals surface area contributed by atoms with E-state index in [1.807, 2.05) is 12.1 Å². The number of rotatable bonds is 4. The smallest absolute Gasteiger partial charge is 0.234 e. The second-order valence-corrected chi connectivity index (χ2v) is 7.41. The van der Waals surface area contributed by atoms with E-state index in [1.54, 1.807) is 12.4 Å². The molecule has 1 aromatic rings. The Morgan fingerprint density at radius 2 is 2.18 bits per heavy atom. The Labute approximate surface area is 134 Å². The Bertz CT molecular complexity index is 467. The number of nitrogens with one attached hydrogen (secondary N) is 1. The van der Waals surface area contributed by atoms with Gasteiger partial charge in [0.05, 0.1) is 6.54 Å². The maximum absolute atomic E-state index is 12.1. The van der Waals surface area contributed by atoms with E-state index in [0.717, 1.165) is 24.6 Å². The molecule has 4 nitrogen and oxygen atoms in total. The van der Waals surface area contributed by atoms with Crippen molar-refractivity contribution in [2.75, 3.05) is 19.6 Å². The molecule has 1 aromatic heterocycles. The molecule has 2 heterocycles. The fourth-order valence-electron chi connectivity index (χ4n) is 3.14. The van der Waals surface area contributed by atoms with Crippen molar-refractivity contribution in [2.45, 2.75) is 46.6 Å². The Balaban J connectivity index is 1.75. The lowest BCUT2D eigenvalue weighted by Gasteiger charge is -2.29. The summed E-state index contributed by atoms with van der Waals surface area (Å²) in [5.74, 6) is 0.869. The fourth-order valence-corrected chi connectivity index (χ4v) is 3.14. The number of hydrogen-bond acceptors (Lipinski definition) is 3. The highest BCUT2D eigenvalue weighted by Gasteiger charge is 2.27. The van der Waals surface area contributed by atoms with E-state index >= 15 is 0 Å². The number of nitrogens with zero attached hydrogens (tertiary/aromatic N) is 2. The average molecular weight is 303 g/mol. The van der Waals surface area contributed by atoms with E-state index in [9.17, 15) is 4.79 Å². The number of carbonyl (C=O) groups excluding carboxylic acids is 1. The highest BCUT2D eigenvalue weighted by atomic mass is 16.2. The van der Waals surface area contributed by atoms with Gasteiger partial charge in [-0.1, -0.05) is 26.8 Å². The molecule has 0 radical (unpaired) electrons. The molecule has 0 saturated carbocycles. The van der Waals surface area contributed by atoms with Gasteiger partial charge in [0.15, 0.2) is 0 Å². The molecular formula is C18H29N3O. The first-order valence-corrected chi connectivity index (χ1v) is 8.33. The van der Waals surface area contributed by atoms with Gasteiger partial charge in [-0.15, -0.1) is 0 Å². The first-order valence-electron chi connectivity index (χ1n) is 8.33. The number of likely N-dealkylation sites (tertiary alicyclic amines) is 1. The van der Waals surface area contributed by atoms with Gasteiger partial charge < -0.3 is 5.32 Å². The van der Waals surface area contributed by atoms with Crippen molar-refractivity contribution in [3.63, 3.8) is 0 Å². The quantitative estimate of drug-likeness (QED) is 0.930. The van der Waals surface area contributed by atoms with Crippen LogP contribution in [0.5, 0.6) is 0 Å². The summed E-state index contributed by atoms with van der Waals surface area (Å²) in [4.78, 5) is 18.5. The summed E-state index contributed by atoms with van der Waals surface area (Å²) in [6.07, 6.45) is 7.20. The predicted octanol–water partition coefficient (Wildman–Crippen LogP) is 2.85. The van der Waals surface area contributed by atoms with Gasteiger partial charge in [0.1, 0.15) is 0 Å². The van der Waals surface area contributed by atoms with E-state index in [0.29, 0.717) is 18.5 Å². The third-order valence-corrected chi connectivity index (χ3v) is 4.63. The van der Waals surface area contributed by atoms with Crippen LogP contribution in [-0.2, 0) is 11.3 Å². The van der Waals surface area contributed by atoms with E-state index < -0.39 is 0 Å². The van der Waals surface area contributed by atoms with Crippen molar-refractivity contribution in [2.24, 2.45) is 11.3 Å². The number of hydrogen-bond donors (Lipinski definition) is 1. The van der Waals surface area contributed by atoms with E-state index in [1.165, 1.54) is 19.3 Å². The Hall–Kier alpha value is -1.42. The van der Waals surface area contributed by atoms with Crippen LogP contribution >= 0.6 is 0 Å². The molecule has 0 aromatic carbocycles. The molecule has 122 valence electrons. The second kappa shape index (κ2) is 7.73. The Morgan fingerprint density at radius 1 is 1.36 bits per heavy atom. The third-order valence-electron chi connectivity index (χ3n) is 4.63. The minimum Gasteiger partial charge on any atom is -0.351 e. The first-order chi connectivity index (χ1) is 10.4. The van der Waals surface area contributed by atoms with Crippen molar-refractivity contribution in [3.8, 4) is 0 Å². The molecule has 1 atom stereocenters. The van der Waals surface area contributed by atoms with E-state index in [-0.39, 0.29) is 5.91 Å². The van der Waals surface area contributed by atoms with Gasteiger partial charge in [0, 0.05) is 18.9 Å². The highest BCUT2D eigenvalue weighted by molar-refractivity contribution is 5.77. The van der Waals surface area contributed by atoms with Crippen molar-refractivity contribution < 1.29 is 4.79 Å². The molecule has 1 fully saturated rings. The summed E-state index contributed by atoms with van der Waals surface area (Å²) in [5.41, 5.74) is 1.41. The van der Waals surface area contributed by atoms with Crippen molar-refractivity contribution >= 4 is 5.91 Å². The Kier molecular flexibility index (Phi) is 5.95. The van der Waals surface area contributed by atoms with Crippen LogP contribution in [0.25, 0.3) is 0 Å². The molecule has 1 saturated heterocycles. The molecule has 1 N–H and O–H groups in total. The summed E-state index contributed by atoms with van der Waals surface area (Å²) in [6.45, 7) is 10.1. The van der Waals surface area contributed by atoms with Crippen LogP contribution in [0, 0.1) is 11.3 Å². The predicted molar refractivity (Wildman–Crippen MR) is 89.3 cm³/mol. The highest BCUT2D eigenvalue weighted by Crippen LogP contribution is 2.34. The summed E-state index contributed by atoms with van der Waals surface area (Å²) in [5, 5.41) is 2.99. The van der Waals surface area contributed by atoms with Crippen molar-refractivity contribution in [1.82, 2.24) is 15.2 Å². The lowest BCUT2D eigenvalue weighted by molar-refractivity contribution is -0.122. The molecule has 0 bridgehead atoms. The normalized spacial score (nSPS) is 20.4. The number of pyridine rings is 1. The van der Waals surface area contributed by atoms with E-state index in [2.05, 4.69) is 36.0 Å². The molecule has 2 rings (SSSR count). The van der Waals surface area contributed by atoms with Gasteiger partial charge in [-0.2, -0.15) is 0 Å². The first kappa shape index (κ1) is 16.9. The van der Waals surface area contributed by atoms with Crippen LogP contribution in [-0.4, -0.2) is 35.4 Å². The van der Waals surface area contributed by atoms with Crippen LogP contribution in [0.15, 0.2) is 24.5 Å². The zero-order valence-electron chi connectivity index (χ0n) is 14.1. The molecule has 1 unspecified atom stereocenters. The van der Waals surface area contributed by atoms with Crippen LogP contribution < -0.4 is 5.32 Å². The minimum absolute atomic E-state index is 0.109. The summed E-state index contributed by atoms with van der Waals surface area (Å²) < 4.78 is 0. The van der Waals surface area contributed by atoms with Crippen molar-refractivity contribution in [3.05, 3.63) is 30.1 Å². The monoisotopic (exact) mass is 303 g/mol. The molecule has 1 aliphatic heterocycles. The standard InChI is InChI=1S/C18H29N3O/c1-18(2,3)16-7-5-10-21(11-8-16)14-17(22)20-13-15-6-4-9-19-12-15/h4,6,9,12,16H,5,7-8,10-11,13-14H2,1-3H3,(H,20,22). The van der Waals surface area contributed by atoms with Crippen molar-refractivity contribution in [1.29, 1.82) is 0 Å². The van der Waals surface area contributed by atoms with Gasteiger partial charge in [-0.25, -0.2) is 0 Å². The van der Waals surface area contributed by atoms with E-state index in [4.69, 9.17) is 0 Å². The maximum Gasteiger partial charge on any atom is 0.234 e. The van der Waals surface area contributed by atoms with Gasteiger partial charge in [0.2, 0.25) is 5.91 Å². The topological polar surface area (TPSA) is 45.2 Å². The fraction of sp³-hybridized carbons (Fsp3) is 0.667. The molecular weight excluding hydrogens is 274 g/mol. The Morgan fingerprint density at radius 3 is 2.86 bits per heavy atom. The van der Waals surface area contributed by atoms with Gasteiger partial charge >= 0.3 is 0 Å². The van der Waals surface area contributed by atoms with Crippen LogP contribution in [0.1, 0.15) is 45.6 Å². The zero-order chi connectivity index (χ0) is 16.0. The lowest BCUT2D eigenvalue weighted by Crippen LogP contribution is -2.37. The van der Waals surface area contributed by atoms with Crippen LogP contribution in [0.3, 0.4) is 0 Å². The molecule has 1 aliphatic rings. The van der Waals surface area contributed by atoms with Gasteiger partial charge in [0.25, 0.3) is 0 Å². The number of aromatic nitrogens is 1. The summed E-state index contributed by atoms with van der Waals surface area (Å²) in [7, 11) is 0. The third kappa shape index (κ3) is 5.41. The zero-order valence-corrected chi connectivity index (χ0v) is 14.1. The summed E-state index contributed by atoms with van der Waals surface area (Å²) in [6, 6.07) is 3.87. The van der Waals surface area contributed by atoms with Crippen LogP contribution in [0.4, 0.5) is 0 Å². The SMILES string of the molecule is CC(C)(C)C1CCCN(CC(=O)NCc2cccnc2)CC1. The largest absolute Gasteiger partial charge is 0.351 e. The van der Waals surface area contributed by atoms with Gasteiger partial charge in [-0.3, -0.25) is 14.7 Å². The minimum atomic E-state index is 0.109. The molecule has 0 spiro atoms. The molecule has 1 amide bonds. The molecule has 4 heteroatoms. The maximum atomic E-state index is 12.1. The summed E-state index contributed by atoms with van der Waals surface area (Å²) >= 11 is 0. The molecule has 22 heavy (non-hydrogen) atoms. The molecule has 0 aliphatic carbocycles. The number of carbonyl (C=O) groups is 1. The number of amides is 1.